The van der Waals surface area contributed by atoms with Crippen LogP contribution in [0.3, 0.4) is 0 Å². The third kappa shape index (κ3) is 4.62. The number of aromatic nitrogens is 1. The number of nitrogens with zero attached hydrogens (tertiary/aromatic N) is 2. The molecule has 2 aromatic carbocycles. The van der Waals surface area contributed by atoms with Crippen LogP contribution >= 0.6 is 0 Å². The molecule has 3 N–H and O–H groups in total. The van der Waals surface area contributed by atoms with Gasteiger partial charge in [0.1, 0.15) is 0 Å². The van der Waals surface area contributed by atoms with Crippen LogP contribution in [0.2, 0.25) is 0 Å². The molecule has 0 radical (unpaired) electrons. The van der Waals surface area contributed by atoms with E-state index < -0.39 is 15.8 Å². The predicted molar refractivity (Wildman–Crippen MR) is 132 cm³/mol. The summed E-state index contributed by atoms with van der Waals surface area (Å²) in [5.74, 6) is -0.445. The fraction of sp³-hybridized carbons (Fsp3) is 0.160. The molecule has 0 spiro atoms. The second-order valence-electron chi connectivity index (χ2n) is 7.70. The van der Waals surface area contributed by atoms with Crippen molar-refractivity contribution in [2.24, 2.45) is 5.73 Å². The molecule has 0 unspecified atom stereocenters. The van der Waals surface area contributed by atoms with Gasteiger partial charge in [0.25, 0.3) is 10.0 Å². The van der Waals surface area contributed by atoms with Gasteiger partial charge >= 0.3 is 0 Å². The lowest BCUT2D eigenvalue weighted by atomic mass is 10.1. The molecule has 1 aliphatic rings. The lowest BCUT2D eigenvalue weighted by molar-refractivity contribution is 0.103. The molecule has 0 saturated carbocycles. The Labute approximate surface area is 193 Å². The third-order valence-corrected chi connectivity index (χ3v) is 7.25. The molecule has 0 bridgehead atoms. The number of ketones is 1. The number of allylic oxidation sites excluding steroid dienone is 5. The maximum Gasteiger partial charge on any atom is 0.268 e. The van der Waals surface area contributed by atoms with Crippen molar-refractivity contribution >= 4 is 32.4 Å². The fourth-order valence-electron chi connectivity index (χ4n) is 3.81. The van der Waals surface area contributed by atoms with E-state index in [1.54, 1.807) is 42.6 Å². The summed E-state index contributed by atoms with van der Waals surface area (Å²) >= 11 is 0. The summed E-state index contributed by atoms with van der Waals surface area (Å²) < 4.78 is 28.3. The first-order valence-electron chi connectivity index (χ1n) is 10.6. The van der Waals surface area contributed by atoms with Gasteiger partial charge in [-0.15, -0.1) is 0 Å². The molecule has 0 atom stereocenters. The van der Waals surface area contributed by atoms with Gasteiger partial charge in [-0.3, -0.25) is 4.79 Å². The number of hydrogen-bond acceptors (Lipinski definition) is 6. The lowest BCUT2D eigenvalue weighted by Crippen LogP contribution is -2.43. The van der Waals surface area contributed by atoms with Gasteiger partial charge in [-0.05, 0) is 36.4 Å². The van der Waals surface area contributed by atoms with Crippen molar-refractivity contribution in [2.45, 2.75) is 4.90 Å². The van der Waals surface area contributed by atoms with Crippen molar-refractivity contribution in [2.75, 3.05) is 31.1 Å². The molecule has 170 valence electrons. The topological polar surface area (TPSA) is 97.4 Å². The summed E-state index contributed by atoms with van der Waals surface area (Å²) in [7, 11) is -3.93. The molecule has 2 heterocycles. The Kier molecular flexibility index (Phi) is 6.48. The number of rotatable bonds is 7. The smallest absolute Gasteiger partial charge is 0.268 e. The maximum atomic E-state index is 13.5. The Hall–Kier alpha value is -3.62. The summed E-state index contributed by atoms with van der Waals surface area (Å²) in [6, 6.07) is 13.6. The number of hydrogen-bond donors (Lipinski definition) is 2. The highest BCUT2D eigenvalue weighted by atomic mass is 32.2. The van der Waals surface area contributed by atoms with E-state index in [-0.39, 0.29) is 16.2 Å². The van der Waals surface area contributed by atoms with Gasteiger partial charge in [-0.25, -0.2) is 12.4 Å². The highest BCUT2D eigenvalue weighted by Crippen LogP contribution is 2.27. The van der Waals surface area contributed by atoms with Crippen LogP contribution in [0.1, 0.15) is 10.4 Å². The molecule has 1 aromatic heterocycles. The average Bonchev–Trinajstić information content (AvgIpc) is 3.28. The van der Waals surface area contributed by atoms with Gasteiger partial charge in [0.05, 0.1) is 16.1 Å². The van der Waals surface area contributed by atoms with E-state index in [1.165, 1.54) is 22.2 Å². The van der Waals surface area contributed by atoms with Gasteiger partial charge in [0, 0.05) is 49.0 Å². The van der Waals surface area contributed by atoms with E-state index in [1.807, 2.05) is 18.2 Å². The zero-order valence-electron chi connectivity index (χ0n) is 18.1. The number of Topliss-reactive ketones (excluding diaryl/α,β-unsaturated/α-hetero) is 1. The number of nitrogens with two attached hydrogens (primary N) is 1. The van der Waals surface area contributed by atoms with Crippen LogP contribution in [0.5, 0.6) is 0 Å². The summed E-state index contributed by atoms with van der Waals surface area (Å²) in [5, 5.41) is 4.14. The van der Waals surface area contributed by atoms with Crippen molar-refractivity contribution < 1.29 is 13.2 Å². The molecular weight excluding hydrogens is 436 g/mol. The summed E-state index contributed by atoms with van der Waals surface area (Å²) in [5.41, 5.74) is 7.65. The van der Waals surface area contributed by atoms with Crippen LogP contribution in [0.15, 0.2) is 96.2 Å². The lowest BCUT2D eigenvalue weighted by Gasteiger charge is -2.29. The van der Waals surface area contributed by atoms with Crippen LogP contribution in [-0.2, 0) is 10.0 Å². The van der Waals surface area contributed by atoms with Crippen molar-refractivity contribution in [3.8, 4) is 0 Å². The summed E-state index contributed by atoms with van der Waals surface area (Å²) in [6.07, 6.45) is 7.82. The maximum absolute atomic E-state index is 13.5. The van der Waals surface area contributed by atoms with E-state index in [2.05, 4.69) is 16.8 Å². The largest absolute Gasteiger partial charge is 0.396 e. The average molecular weight is 463 g/mol. The minimum atomic E-state index is -3.93. The van der Waals surface area contributed by atoms with Crippen LogP contribution in [0.25, 0.3) is 10.9 Å². The number of piperazine rings is 1. The molecule has 3 aromatic rings. The minimum Gasteiger partial charge on any atom is -0.396 e. The van der Waals surface area contributed by atoms with Crippen molar-refractivity contribution in [1.82, 2.24) is 9.29 Å². The van der Waals surface area contributed by atoms with Gasteiger partial charge in [0.2, 0.25) is 5.78 Å². The van der Waals surface area contributed by atoms with Crippen molar-refractivity contribution in [1.29, 1.82) is 0 Å². The Morgan fingerprint density at radius 2 is 1.85 bits per heavy atom. The first-order valence-corrected chi connectivity index (χ1v) is 12.1. The number of carbonyl (C=O) groups excluding carboxylic acids is 1. The van der Waals surface area contributed by atoms with Gasteiger partial charge in [-0.2, -0.15) is 0 Å². The molecule has 1 aliphatic heterocycles. The SMILES string of the molecule is C=C/C=C\C=C(/N)C(=O)c1cccc(S(=O)(=O)n2ccc3ccc(N4CCNCC4)cc32)c1. The minimum absolute atomic E-state index is 0.00900. The van der Waals surface area contributed by atoms with Gasteiger partial charge < -0.3 is 16.0 Å². The van der Waals surface area contributed by atoms with Gasteiger partial charge in [0.15, 0.2) is 0 Å². The molecule has 8 heteroatoms. The van der Waals surface area contributed by atoms with E-state index in [0.29, 0.717) is 5.52 Å². The summed E-state index contributed by atoms with van der Waals surface area (Å²) in [6.45, 7) is 7.06. The fourth-order valence-corrected chi connectivity index (χ4v) is 5.20. The molecule has 33 heavy (non-hydrogen) atoms. The molecule has 1 saturated heterocycles. The quantitative estimate of drug-likeness (QED) is 0.318. The Morgan fingerprint density at radius 1 is 1.06 bits per heavy atom. The van der Waals surface area contributed by atoms with Crippen LogP contribution < -0.4 is 16.0 Å². The first kappa shape index (κ1) is 22.6. The van der Waals surface area contributed by atoms with Gasteiger partial charge in [-0.1, -0.05) is 43.0 Å². The van der Waals surface area contributed by atoms with E-state index >= 15 is 0 Å². The highest BCUT2D eigenvalue weighted by molar-refractivity contribution is 7.90. The number of anilines is 1. The molecule has 0 amide bonds. The molecule has 0 aliphatic carbocycles. The van der Waals surface area contributed by atoms with E-state index in [0.717, 1.165) is 37.3 Å². The van der Waals surface area contributed by atoms with Crippen molar-refractivity contribution in [3.05, 3.63) is 96.9 Å². The Balaban J connectivity index is 1.70. The molecule has 1 fully saturated rings. The van der Waals surface area contributed by atoms with Crippen molar-refractivity contribution in [3.63, 3.8) is 0 Å². The van der Waals surface area contributed by atoms with Crippen LogP contribution in [-0.4, -0.2) is 44.4 Å². The second-order valence-corrected chi connectivity index (χ2v) is 9.51. The zero-order chi connectivity index (χ0) is 23.4. The number of nitrogens with one attached hydrogen (secondary N) is 1. The number of carbonyl (C=O) groups is 1. The molecule has 7 nitrogen and oxygen atoms in total. The first-order chi connectivity index (χ1) is 15.9. The highest BCUT2D eigenvalue weighted by Gasteiger charge is 2.22. The molecular formula is C25H26N4O3S. The van der Waals surface area contributed by atoms with Crippen LogP contribution in [0.4, 0.5) is 5.69 Å². The number of benzene rings is 2. The zero-order valence-corrected chi connectivity index (χ0v) is 19.0. The molecule has 4 rings (SSSR count). The number of fused-ring (bicyclic) bond motifs is 1. The van der Waals surface area contributed by atoms with E-state index in [9.17, 15) is 13.2 Å². The predicted octanol–water partition coefficient (Wildman–Crippen LogP) is 3.06. The second kappa shape index (κ2) is 9.48. The Bertz CT molecular complexity index is 1360. The summed E-state index contributed by atoms with van der Waals surface area (Å²) in [4.78, 5) is 14.9. The van der Waals surface area contributed by atoms with Crippen LogP contribution in [0, 0.1) is 0 Å². The third-order valence-electron chi connectivity index (χ3n) is 5.56. The normalized spacial score (nSPS) is 15.3. The monoisotopic (exact) mass is 462 g/mol. The van der Waals surface area contributed by atoms with E-state index in [4.69, 9.17) is 5.73 Å². The standard InChI is InChI=1S/C25H26N4O3S/c1-2-3-4-8-23(26)25(30)20-6-5-7-22(17-20)33(31,32)29-14-11-19-9-10-21(18-24(19)29)28-15-12-27-13-16-28/h2-11,14,17-18,27H,1,12-13,15-16,26H2/b4-3-,23-8-. The Morgan fingerprint density at radius 3 is 2.61 bits per heavy atom.